The molecule has 0 spiro atoms. The number of rotatable bonds is 2. The number of halogens is 2. The van der Waals surface area contributed by atoms with Crippen LogP contribution in [0.3, 0.4) is 0 Å². The van der Waals surface area contributed by atoms with E-state index in [1.54, 1.807) is 6.21 Å². The number of phenolic OH excluding ortho intramolecular Hbond substituents is 1. The molecule has 1 fully saturated rings. The van der Waals surface area contributed by atoms with Gasteiger partial charge >= 0.3 is 37.9 Å². The Morgan fingerprint density at radius 3 is 2.75 bits per heavy atom. The van der Waals surface area contributed by atoms with Gasteiger partial charge in [0.1, 0.15) is 5.75 Å². The molecule has 2 unspecified atom stereocenters. The second-order valence-electron chi connectivity index (χ2n) is 4.66. The van der Waals surface area contributed by atoms with Gasteiger partial charge in [-0.05, 0) is 37.8 Å². The summed E-state index contributed by atoms with van der Waals surface area (Å²) < 4.78 is 0. The molecule has 1 aliphatic rings. The van der Waals surface area contributed by atoms with E-state index in [2.05, 4.69) is 11.1 Å². The van der Waals surface area contributed by atoms with Gasteiger partial charge in [0.2, 0.25) is 0 Å². The quantitative estimate of drug-likeness (QED) is 0.770. The van der Waals surface area contributed by atoms with Crippen molar-refractivity contribution in [3.63, 3.8) is 0 Å². The van der Waals surface area contributed by atoms with Gasteiger partial charge in [-0.15, -0.1) is 0 Å². The maximum absolute atomic E-state index is 9.83. The number of phenols is 1. The van der Waals surface area contributed by atoms with E-state index >= 15 is 0 Å². The number of aliphatic imine (C=N–C) groups is 1. The number of nitrogens with zero attached hydrogens (tertiary/aromatic N) is 2. The average molecular weight is 390 g/mol. The molecule has 0 aliphatic heterocycles. The number of para-hydroxylation sites is 1. The monoisotopic (exact) mass is 388 g/mol. The van der Waals surface area contributed by atoms with Gasteiger partial charge in [0.05, 0.1) is 12.1 Å². The topological polar surface area (TPSA) is 56.4 Å². The van der Waals surface area contributed by atoms with Crippen LogP contribution in [0.25, 0.3) is 0 Å². The molecule has 0 heterocycles. The first-order valence-corrected chi connectivity index (χ1v) is 12.6. The van der Waals surface area contributed by atoms with Crippen molar-refractivity contribution in [3.05, 3.63) is 29.3 Å². The van der Waals surface area contributed by atoms with Crippen LogP contribution in [0.1, 0.15) is 30.4 Å². The van der Waals surface area contributed by atoms with Crippen LogP contribution in [-0.2, 0) is 20.8 Å². The molecule has 0 bridgehead atoms. The maximum atomic E-state index is 9.83. The molecule has 1 N–H and O–H groups in total. The Kier molecular flexibility index (Phi) is 8.45. The Bertz CT molecular complexity index is 502. The van der Waals surface area contributed by atoms with Gasteiger partial charge in [-0.1, -0.05) is 12.1 Å². The van der Waals surface area contributed by atoms with E-state index in [1.165, 1.54) is 0 Å². The Labute approximate surface area is 138 Å². The van der Waals surface area contributed by atoms with Gasteiger partial charge in [0.15, 0.2) is 0 Å². The number of nitriles is 1. The van der Waals surface area contributed by atoms with Crippen LogP contribution >= 0.6 is 17.0 Å². The van der Waals surface area contributed by atoms with Crippen LogP contribution < -0.4 is 0 Å². The zero-order valence-corrected chi connectivity index (χ0v) is 15.2. The number of hydrogen-bond acceptors (Lipinski definition) is 3. The Balaban J connectivity index is 0.000000612. The first kappa shape index (κ1) is 17.7. The summed E-state index contributed by atoms with van der Waals surface area (Å²) in [4.78, 5) is 4.46. The summed E-state index contributed by atoms with van der Waals surface area (Å²) in [5, 5.41) is 18.6. The molecule has 0 aromatic heterocycles. The van der Waals surface area contributed by atoms with Crippen molar-refractivity contribution in [1.29, 1.82) is 5.26 Å². The molecule has 2 atom stereocenters. The standard InChI is InChI=1S/C14H16N2O.2ClH.Zr/c1-10-3-2-4-12(14(10)17)9-16-13-6-5-11(7-13)8-15;;;/h2-4,9,11,13,17H,5-7H2,1H3;2*1H;/q;;;+2/p-2. The van der Waals surface area contributed by atoms with Gasteiger partial charge in [-0.2, -0.15) is 5.26 Å². The first-order chi connectivity index (χ1) is 9.62. The van der Waals surface area contributed by atoms with Gasteiger partial charge in [0.25, 0.3) is 0 Å². The number of benzene rings is 1. The van der Waals surface area contributed by atoms with E-state index < -0.39 is 20.8 Å². The minimum absolute atomic E-state index is 0.156. The van der Waals surface area contributed by atoms with Crippen LogP contribution in [0.4, 0.5) is 0 Å². The Morgan fingerprint density at radius 1 is 1.45 bits per heavy atom. The van der Waals surface area contributed by atoms with Crippen LogP contribution in [0.5, 0.6) is 5.75 Å². The first-order valence-electron chi connectivity index (χ1n) is 6.30. The number of hydrogen-bond donors (Lipinski definition) is 1. The van der Waals surface area contributed by atoms with Crippen molar-refractivity contribution in [2.75, 3.05) is 0 Å². The summed E-state index contributed by atoms with van der Waals surface area (Å²) in [5.41, 5.74) is 1.61. The molecule has 1 aromatic rings. The van der Waals surface area contributed by atoms with E-state index in [-0.39, 0.29) is 12.0 Å². The van der Waals surface area contributed by atoms with Gasteiger partial charge < -0.3 is 5.11 Å². The predicted molar refractivity (Wildman–Crippen MR) is 78.9 cm³/mol. The summed E-state index contributed by atoms with van der Waals surface area (Å²) >= 11 is -0.826. The molecule has 1 saturated carbocycles. The molecule has 6 heteroatoms. The number of aryl methyl sites for hydroxylation is 1. The molecule has 0 saturated heterocycles. The van der Waals surface area contributed by atoms with Crippen LogP contribution in [0.2, 0.25) is 0 Å². The predicted octanol–water partition coefficient (Wildman–Crippen LogP) is 4.19. The Morgan fingerprint density at radius 2 is 2.15 bits per heavy atom. The average Bonchev–Trinajstić information content (AvgIpc) is 2.89. The molecule has 0 radical (unpaired) electrons. The third-order valence-corrected chi connectivity index (χ3v) is 3.28. The third kappa shape index (κ3) is 5.56. The summed E-state index contributed by atoms with van der Waals surface area (Å²) in [5.74, 6) is 0.453. The van der Waals surface area contributed by atoms with E-state index in [0.717, 1.165) is 30.4 Å². The van der Waals surface area contributed by atoms with Crippen LogP contribution in [0.15, 0.2) is 23.2 Å². The second kappa shape index (κ2) is 9.56. The van der Waals surface area contributed by atoms with Gasteiger partial charge in [-0.25, -0.2) is 0 Å². The van der Waals surface area contributed by atoms with E-state index in [9.17, 15) is 5.11 Å². The van der Waals surface area contributed by atoms with E-state index in [1.807, 2.05) is 25.1 Å². The molecule has 3 nitrogen and oxygen atoms in total. The SMILES string of the molecule is Cc1cccc(C=NC2CCC(C#N)C2)c1O.[Cl][Zr][Cl]. The van der Waals surface area contributed by atoms with Crippen molar-refractivity contribution in [3.8, 4) is 11.8 Å². The molecule has 0 amide bonds. The summed E-state index contributed by atoms with van der Waals surface area (Å²) in [6.45, 7) is 1.87. The van der Waals surface area contributed by atoms with E-state index in [4.69, 9.17) is 22.3 Å². The zero-order chi connectivity index (χ0) is 15.0. The fourth-order valence-electron chi connectivity index (χ4n) is 2.18. The van der Waals surface area contributed by atoms with Crippen molar-refractivity contribution in [2.45, 2.75) is 32.2 Å². The molecule has 2 rings (SSSR count). The summed E-state index contributed by atoms with van der Waals surface area (Å²) in [6.07, 6.45) is 4.49. The van der Waals surface area contributed by atoms with Gasteiger partial charge in [-0.3, -0.25) is 4.99 Å². The molecule has 1 aromatic carbocycles. The Hall–Kier alpha value is -0.357. The molecular formula is C14H16Cl2N2OZr. The molecule has 106 valence electrons. The van der Waals surface area contributed by atoms with Crippen LogP contribution in [0, 0.1) is 24.2 Å². The third-order valence-electron chi connectivity index (χ3n) is 3.28. The fourth-order valence-corrected chi connectivity index (χ4v) is 2.18. The second-order valence-corrected chi connectivity index (χ2v) is 8.39. The van der Waals surface area contributed by atoms with Crippen molar-refractivity contribution in [1.82, 2.24) is 0 Å². The van der Waals surface area contributed by atoms with Crippen molar-refractivity contribution in [2.24, 2.45) is 10.9 Å². The van der Waals surface area contributed by atoms with Crippen molar-refractivity contribution < 1.29 is 26.0 Å². The van der Waals surface area contributed by atoms with Crippen LogP contribution in [-0.4, -0.2) is 17.4 Å². The molecule has 1 aliphatic carbocycles. The number of aromatic hydroxyl groups is 1. The zero-order valence-electron chi connectivity index (χ0n) is 11.2. The normalized spacial score (nSPS) is 21.1. The summed E-state index contributed by atoms with van der Waals surface area (Å²) in [6, 6.07) is 8.15. The summed E-state index contributed by atoms with van der Waals surface area (Å²) in [7, 11) is 9.87. The molecule has 20 heavy (non-hydrogen) atoms. The van der Waals surface area contributed by atoms with E-state index in [0.29, 0.717) is 5.75 Å². The fraction of sp³-hybridized carbons (Fsp3) is 0.429. The van der Waals surface area contributed by atoms with Crippen molar-refractivity contribution >= 4 is 23.2 Å². The minimum atomic E-state index is -0.826. The van der Waals surface area contributed by atoms with Gasteiger partial charge in [0, 0.05) is 17.7 Å². The molecular weight excluding hydrogens is 374 g/mol.